The number of hydrogen-bond acceptors (Lipinski definition) is 17. The third-order valence-corrected chi connectivity index (χ3v) is 15.7. The molecule has 4 saturated carbocycles. The number of ether oxygens (including phenoxy) is 4. The Morgan fingerprint density at radius 2 is 1.59 bits per heavy atom. The zero-order valence-electron chi connectivity index (χ0n) is 44.1. The summed E-state index contributed by atoms with van der Waals surface area (Å²) in [6.07, 6.45) is 12.8. The smallest absolute Gasteiger partial charge is 0.355 e. The number of unbranched alkanes of at least 4 members (excludes halogenated alkanes) is 2. The highest BCUT2D eigenvalue weighted by atomic mass is 32.1. The summed E-state index contributed by atoms with van der Waals surface area (Å²) < 4.78 is 28.3. The fourth-order valence-corrected chi connectivity index (χ4v) is 13.7. The van der Waals surface area contributed by atoms with Crippen molar-refractivity contribution in [1.29, 1.82) is 0 Å². The number of pyridine rings is 1. The number of carboxylic acids is 1. The van der Waals surface area contributed by atoms with E-state index in [0.29, 0.717) is 74.3 Å². The first kappa shape index (κ1) is 53.1. The van der Waals surface area contributed by atoms with Crippen LogP contribution in [0.5, 0.6) is 0 Å². The van der Waals surface area contributed by atoms with Gasteiger partial charge in [-0.25, -0.2) is 14.8 Å². The first-order chi connectivity index (χ1) is 35.5. The van der Waals surface area contributed by atoms with Crippen LogP contribution in [-0.2, 0) is 43.4 Å². The summed E-state index contributed by atoms with van der Waals surface area (Å²) in [6, 6.07) is 13.7. The maximum Gasteiger partial charge on any atom is 0.355 e. The number of aromatic carboxylic acids is 1. The van der Waals surface area contributed by atoms with E-state index in [1.165, 1.54) is 13.3 Å². The van der Waals surface area contributed by atoms with Crippen LogP contribution < -0.4 is 10.2 Å². The average molecular weight is 1030 g/mol. The molecule has 0 saturated heterocycles. The van der Waals surface area contributed by atoms with Crippen molar-refractivity contribution in [1.82, 2.24) is 49.8 Å². The second kappa shape index (κ2) is 22.6. The predicted molar refractivity (Wildman–Crippen MR) is 283 cm³/mol. The standard InChI is InChI=1S/C54H72N12O7S/c1-37-25-46(60-61-48(37)58-50-56-43-13-9-10-14-44(43)74-50)65(18-12-8-11-17-64-27-40(59-62-64)29-72-24-22-70-21-23-71-28-38(2)67)45-16-15-41(47(57-45)49(68)69)42-26-55-66(39(42)3)36-53-31-51(4)30-52(5,32-53)34-54(33-51,35-53)73-20-19-63(6)7/h9-10,13-16,25-27H,8,11-12,17-24,28-36H2,1-7H3,(H,68,69)(H,56,58,61)/t51-,52+,53?,54?. The molecule has 10 rings (SSSR count). The van der Waals surface area contributed by atoms with E-state index < -0.39 is 5.97 Å². The van der Waals surface area contributed by atoms with Crippen LogP contribution in [0, 0.1) is 30.1 Å². The van der Waals surface area contributed by atoms with Gasteiger partial charge in [0.2, 0.25) is 0 Å². The van der Waals surface area contributed by atoms with Gasteiger partial charge in [-0.3, -0.25) is 14.2 Å². The normalized spacial score (nSPS) is 22.1. The number of benzene rings is 1. The lowest BCUT2D eigenvalue weighted by atomic mass is 9.39. The lowest BCUT2D eigenvalue weighted by Gasteiger charge is -2.69. The third-order valence-electron chi connectivity index (χ3n) is 14.8. The Bertz CT molecular complexity index is 2870. The summed E-state index contributed by atoms with van der Waals surface area (Å²) in [6.45, 7) is 15.9. The predicted octanol–water partition coefficient (Wildman–Crippen LogP) is 8.84. The summed E-state index contributed by atoms with van der Waals surface area (Å²) in [7, 11) is 4.19. The number of hydrogen-bond donors (Lipinski definition) is 2. The number of para-hydroxylation sites is 1. The van der Waals surface area contributed by atoms with Gasteiger partial charge in [-0.2, -0.15) is 5.10 Å². The first-order valence-electron chi connectivity index (χ1n) is 25.9. The van der Waals surface area contributed by atoms with Crippen LogP contribution >= 0.6 is 11.3 Å². The van der Waals surface area contributed by atoms with Gasteiger partial charge in [0.05, 0.1) is 67.9 Å². The fourth-order valence-electron chi connectivity index (χ4n) is 12.8. The Kier molecular flexibility index (Phi) is 16.2. The Morgan fingerprint density at radius 3 is 2.34 bits per heavy atom. The van der Waals surface area contributed by atoms with E-state index in [0.717, 1.165) is 104 Å². The van der Waals surface area contributed by atoms with Gasteiger partial charge in [0.15, 0.2) is 28.2 Å². The van der Waals surface area contributed by atoms with Gasteiger partial charge in [0.25, 0.3) is 0 Å². The summed E-state index contributed by atoms with van der Waals surface area (Å²) in [4.78, 5) is 38.0. The van der Waals surface area contributed by atoms with E-state index in [2.05, 4.69) is 65.2 Å². The molecule has 20 heteroatoms. The van der Waals surface area contributed by atoms with Crippen molar-refractivity contribution in [2.45, 2.75) is 118 Å². The van der Waals surface area contributed by atoms with Crippen molar-refractivity contribution in [3.8, 4) is 11.1 Å². The van der Waals surface area contributed by atoms with Crippen molar-refractivity contribution >= 4 is 55.9 Å². The number of rotatable bonds is 28. The number of fused-ring (bicyclic) bond motifs is 1. The highest BCUT2D eigenvalue weighted by molar-refractivity contribution is 7.22. The van der Waals surface area contributed by atoms with E-state index in [1.54, 1.807) is 11.3 Å². The van der Waals surface area contributed by atoms with Crippen LogP contribution in [0.25, 0.3) is 21.3 Å². The number of ketones is 1. The van der Waals surface area contributed by atoms with E-state index in [4.69, 9.17) is 39.1 Å². The first-order valence-corrected chi connectivity index (χ1v) is 26.7. The molecule has 4 bridgehead atoms. The molecule has 19 nitrogen and oxygen atoms in total. The Balaban J connectivity index is 0.891. The second-order valence-electron chi connectivity index (χ2n) is 22.1. The molecule has 4 aliphatic rings. The molecular weight excluding hydrogens is 961 g/mol. The lowest BCUT2D eigenvalue weighted by Crippen LogP contribution is -2.64. The molecule has 5 heterocycles. The number of carboxylic acid groups (broad SMARTS) is 1. The Labute approximate surface area is 437 Å². The molecule has 1 aromatic carbocycles. The van der Waals surface area contributed by atoms with Gasteiger partial charge >= 0.3 is 5.97 Å². The third kappa shape index (κ3) is 12.7. The number of carbonyl (C=O) groups is 2. The largest absolute Gasteiger partial charge is 0.476 e. The molecule has 74 heavy (non-hydrogen) atoms. The molecular formula is C54H72N12O7S. The molecule has 0 radical (unpaired) electrons. The van der Waals surface area contributed by atoms with Crippen LogP contribution in [0.3, 0.4) is 0 Å². The van der Waals surface area contributed by atoms with Gasteiger partial charge < -0.3 is 39.2 Å². The number of aromatic nitrogens is 9. The molecule has 4 fully saturated rings. The Hall–Kier alpha value is -5.77. The zero-order chi connectivity index (χ0) is 52.1. The SMILES string of the molecule is CC(=O)COCCOCCOCc1cn(CCCCCN(c2cc(C)c(Nc3nc4ccccc4s3)nn2)c2ccc(-c3cnn(CC45CC6(OCCN(C)C)C[C@](C)(C4)C[C@](C)(C5)C6)c3C)c(C(=O)O)n2)nn1. The minimum atomic E-state index is -1.12. The molecule has 4 aliphatic carbocycles. The van der Waals surface area contributed by atoms with Crippen LogP contribution in [0.15, 0.2) is 54.9 Å². The van der Waals surface area contributed by atoms with Crippen molar-refractivity contribution in [2.75, 3.05) is 77.0 Å². The van der Waals surface area contributed by atoms with Gasteiger partial charge in [-0.15, -0.1) is 15.3 Å². The maximum atomic E-state index is 13.3. The molecule has 0 amide bonds. The summed E-state index contributed by atoms with van der Waals surface area (Å²) in [5.74, 6) is 0.448. The van der Waals surface area contributed by atoms with E-state index in [1.807, 2.05) is 71.4 Å². The highest BCUT2D eigenvalue weighted by Gasteiger charge is 2.66. The quantitative estimate of drug-likeness (QED) is 0.0440. The molecule has 0 aliphatic heterocycles. The maximum absolute atomic E-state index is 13.3. The van der Waals surface area contributed by atoms with Crippen molar-refractivity contribution in [3.05, 3.63) is 77.5 Å². The van der Waals surface area contributed by atoms with Crippen LogP contribution in [0.2, 0.25) is 0 Å². The monoisotopic (exact) mass is 1030 g/mol. The van der Waals surface area contributed by atoms with Crippen molar-refractivity contribution in [2.24, 2.45) is 16.2 Å². The topological polar surface area (TPSA) is 210 Å². The van der Waals surface area contributed by atoms with Gasteiger partial charge in [-0.05, 0) is 145 Å². The van der Waals surface area contributed by atoms with Gasteiger partial charge in [-0.1, -0.05) is 42.5 Å². The van der Waals surface area contributed by atoms with Gasteiger partial charge in [0.1, 0.15) is 18.1 Å². The van der Waals surface area contributed by atoms with Gasteiger partial charge in [0, 0.05) is 43.0 Å². The second-order valence-corrected chi connectivity index (χ2v) is 23.2. The molecule has 4 atom stereocenters. The molecule has 2 unspecified atom stereocenters. The molecule has 2 N–H and O–H groups in total. The van der Waals surface area contributed by atoms with E-state index >= 15 is 0 Å². The number of likely N-dealkylation sites (N-methyl/N-ethyl adjacent to an activating group) is 1. The Morgan fingerprint density at radius 1 is 0.824 bits per heavy atom. The molecule has 6 aromatic rings. The number of thiazole rings is 1. The molecule has 396 valence electrons. The van der Waals surface area contributed by atoms with Crippen molar-refractivity contribution in [3.63, 3.8) is 0 Å². The zero-order valence-corrected chi connectivity index (χ0v) is 44.9. The number of anilines is 4. The molecule has 0 spiro atoms. The summed E-state index contributed by atoms with van der Waals surface area (Å²) in [5.41, 5.74) is 4.93. The fraction of sp³-hybridized carbons (Fsp3) is 0.574. The van der Waals surface area contributed by atoms with Crippen LogP contribution in [0.4, 0.5) is 22.6 Å². The molecule has 5 aromatic heterocycles. The van der Waals surface area contributed by atoms with Crippen LogP contribution in [-0.4, -0.2) is 139 Å². The highest BCUT2D eigenvalue weighted by Crippen LogP contribution is 2.72. The van der Waals surface area contributed by atoms with Crippen molar-refractivity contribution < 1.29 is 33.6 Å². The number of carbonyl (C=O) groups excluding carboxylic acids is 1. The summed E-state index contributed by atoms with van der Waals surface area (Å²) in [5, 5.41) is 37.8. The minimum Gasteiger partial charge on any atom is -0.476 e. The summed E-state index contributed by atoms with van der Waals surface area (Å²) >= 11 is 1.54. The van der Waals surface area contributed by atoms with E-state index in [-0.39, 0.29) is 39.9 Å². The lowest BCUT2D eigenvalue weighted by molar-refractivity contribution is -0.248. The minimum absolute atomic E-state index is 0.0169. The van der Waals surface area contributed by atoms with E-state index in [9.17, 15) is 14.7 Å². The number of aryl methyl sites for hydroxylation is 2. The van der Waals surface area contributed by atoms with Crippen LogP contribution in [0.1, 0.15) is 106 Å². The number of nitrogens with one attached hydrogen (secondary N) is 1. The number of Topliss-reactive ketones (excluding diaryl/α,β-unsaturated/α-hetero) is 1. The average Bonchev–Trinajstić information content (AvgIpc) is 4.10. The number of nitrogens with zero attached hydrogens (tertiary/aromatic N) is 11.